The predicted molar refractivity (Wildman–Crippen MR) is 123 cm³/mol. The summed E-state index contributed by atoms with van der Waals surface area (Å²) >= 11 is 0. The van der Waals surface area contributed by atoms with Crippen LogP contribution in [-0.4, -0.2) is 5.78 Å². The lowest BCUT2D eigenvalue weighted by molar-refractivity contribution is -0.117. The minimum absolute atomic E-state index is 0.328. The Balaban J connectivity index is 1.49. The molecule has 164 valence electrons. The van der Waals surface area contributed by atoms with E-state index < -0.39 is 0 Å². The number of ketones is 1. The van der Waals surface area contributed by atoms with Crippen LogP contribution in [0.5, 0.6) is 0 Å². The van der Waals surface area contributed by atoms with Crippen LogP contribution in [0, 0.1) is 52.3 Å². The van der Waals surface area contributed by atoms with Crippen molar-refractivity contribution in [3.05, 3.63) is 11.6 Å². The highest BCUT2D eigenvalue weighted by Crippen LogP contribution is 2.67. The second-order valence-corrected chi connectivity index (χ2v) is 12.5. The molecule has 8 atom stereocenters. The van der Waals surface area contributed by atoms with Gasteiger partial charge in [0.2, 0.25) is 0 Å². The van der Waals surface area contributed by atoms with E-state index >= 15 is 0 Å². The van der Waals surface area contributed by atoms with Crippen LogP contribution in [0.15, 0.2) is 11.6 Å². The second kappa shape index (κ2) is 7.83. The van der Waals surface area contributed by atoms with E-state index in [1.165, 1.54) is 56.9 Å². The fraction of sp³-hybridized carbons (Fsp3) is 0.893. The summed E-state index contributed by atoms with van der Waals surface area (Å²) in [7, 11) is 0. The summed E-state index contributed by atoms with van der Waals surface area (Å²) in [6.45, 7) is 15.0. The van der Waals surface area contributed by atoms with Crippen LogP contribution in [0.4, 0.5) is 0 Å². The fourth-order valence-electron chi connectivity index (χ4n) is 8.59. The van der Waals surface area contributed by atoms with E-state index in [-0.39, 0.29) is 0 Å². The molecular weight excluding hydrogens is 352 g/mol. The average Bonchev–Trinajstić information content (AvgIpc) is 3.03. The third-order valence-corrected chi connectivity index (χ3v) is 10.9. The molecule has 0 N–H and O–H groups in total. The number of carbonyl (C=O) groups is 1. The van der Waals surface area contributed by atoms with E-state index in [4.69, 9.17) is 0 Å². The maximum Gasteiger partial charge on any atom is 0.155 e. The molecule has 0 radical (unpaired) electrons. The van der Waals surface area contributed by atoms with Crippen LogP contribution in [0.25, 0.3) is 0 Å². The van der Waals surface area contributed by atoms with Gasteiger partial charge in [-0.25, -0.2) is 0 Å². The average molecular weight is 399 g/mol. The summed E-state index contributed by atoms with van der Waals surface area (Å²) in [5.41, 5.74) is 2.42. The second-order valence-electron chi connectivity index (χ2n) is 12.5. The molecule has 1 heteroatoms. The molecule has 4 unspecified atom stereocenters. The topological polar surface area (TPSA) is 17.1 Å². The molecule has 0 aromatic rings. The molecule has 0 bridgehead atoms. The first kappa shape index (κ1) is 21.6. The van der Waals surface area contributed by atoms with Gasteiger partial charge in [0.15, 0.2) is 5.78 Å². The van der Waals surface area contributed by atoms with E-state index in [1.807, 2.05) is 0 Å². The van der Waals surface area contributed by atoms with Gasteiger partial charge in [0.1, 0.15) is 0 Å². The molecule has 29 heavy (non-hydrogen) atoms. The van der Waals surface area contributed by atoms with Crippen LogP contribution in [-0.2, 0) is 4.79 Å². The maximum absolute atomic E-state index is 12.0. The van der Waals surface area contributed by atoms with Crippen molar-refractivity contribution in [2.75, 3.05) is 0 Å². The van der Waals surface area contributed by atoms with E-state index in [0.29, 0.717) is 16.6 Å². The van der Waals surface area contributed by atoms with Gasteiger partial charge >= 0.3 is 0 Å². The molecule has 0 heterocycles. The molecular formula is C28H46O. The molecule has 3 fully saturated rings. The number of carbonyl (C=O) groups excluding carboxylic acids is 1. The first-order valence-electron chi connectivity index (χ1n) is 12.9. The highest BCUT2D eigenvalue weighted by atomic mass is 16.1. The van der Waals surface area contributed by atoms with Crippen molar-refractivity contribution >= 4 is 5.78 Å². The first-order valence-corrected chi connectivity index (χ1v) is 12.9. The summed E-state index contributed by atoms with van der Waals surface area (Å²) in [6, 6.07) is 0. The molecule has 0 aliphatic heterocycles. The van der Waals surface area contributed by atoms with Crippen molar-refractivity contribution in [3.8, 4) is 0 Å². The van der Waals surface area contributed by atoms with Gasteiger partial charge in [-0.1, -0.05) is 60.0 Å². The molecule has 4 aliphatic rings. The lowest BCUT2D eigenvalue weighted by atomic mass is 9.46. The molecule has 3 saturated carbocycles. The largest absolute Gasteiger partial charge is 0.295 e. The van der Waals surface area contributed by atoms with Crippen molar-refractivity contribution in [1.29, 1.82) is 0 Å². The molecule has 0 amide bonds. The Bertz CT molecular complexity index is 659. The summed E-state index contributed by atoms with van der Waals surface area (Å²) in [5, 5.41) is 0. The third kappa shape index (κ3) is 3.57. The SMILES string of the molecule is CC(C)[C@H](C)CC[C@@H](C)C1CCC2C3CCC4=CC(=O)CC[C@]4(C)C3CC[C@@]21C. The predicted octanol–water partition coefficient (Wildman–Crippen LogP) is 7.84. The highest BCUT2D eigenvalue weighted by molar-refractivity contribution is 5.91. The smallest absolute Gasteiger partial charge is 0.155 e. The van der Waals surface area contributed by atoms with Gasteiger partial charge < -0.3 is 0 Å². The zero-order valence-corrected chi connectivity index (χ0v) is 20.1. The van der Waals surface area contributed by atoms with Crippen molar-refractivity contribution in [2.24, 2.45) is 52.3 Å². The monoisotopic (exact) mass is 398 g/mol. The Labute approximate surface area is 180 Å². The van der Waals surface area contributed by atoms with E-state index in [2.05, 4.69) is 47.6 Å². The van der Waals surface area contributed by atoms with Gasteiger partial charge in [-0.3, -0.25) is 4.79 Å². The van der Waals surface area contributed by atoms with Crippen LogP contribution in [0.2, 0.25) is 0 Å². The van der Waals surface area contributed by atoms with Crippen molar-refractivity contribution < 1.29 is 4.79 Å². The minimum atomic E-state index is 0.328. The summed E-state index contributed by atoms with van der Waals surface area (Å²) < 4.78 is 0. The van der Waals surface area contributed by atoms with Crippen LogP contribution in [0.3, 0.4) is 0 Å². The minimum Gasteiger partial charge on any atom is -0.295 e. The first-order chi connectivity index (χ1) is 13.7. The van der Waals surface area contributed by atoms with E-state index in [1.54, 1.807) is 0 Å². The van der Waals surface area contributed by atoms with Gasteiger partial charge in [0, 0.05) is 6.42 Å². The quantitative estimate of drug-likeness (QED) is 0.461. The standard InChI is InChI=1S/C28H46O/c1-18(2)19(3)7-8-20(4)24-11-12-25-23-10-9-21-17-22(29)13-15-27(21,5)26(23)14-16-28(24,25)6/h17-20,23-26H,7-16H2,1-6H3/t19-,20-,23?,24?,25?,26?,27+,28-/m1/s1. The fourth-order valence-corrected chi connectivity index (χ4v) is 8.59. The normalized spacial score (nSPS) is 44.0. The summed E-state index contributed by atoms with van der Waals surface area (Å²) in [6.07, 6.45) is 15.1. The Morgan fingerprint density at radius 1 is 0.931 bits per heavy atom. The third-order valence-electron chi connectivity index (χ3n) is 10.9. The molecule has 4 aliphatic carbocycles. The van der Waals surface area contributed by atoms with E-state index in [9.17, 15) is 4.79 Å². The molecule has 1 nitrogen and oxygen atoms in total. The van der Waals surface area contributed by atoms with E-state index in [0.717, 1.165) is 54.3 Å². The van der Waals surface area contributed by atoms with Crippen molar-refractivity contribution in [3.63, 3.8) is 0 Å². The Morgan fingerprint density at radius 2 is 1.69 bits per heavy atom. The number of allylic oxidation sites excluding steroid dienone is 1. The van der Waals surface area contributed by atoms with Gasteiger partial charge in [-0.2, -0.15) is 0 Å². The van der Waals surface area contributed by atoms with Crippen molar-refractivity contribution in [2.45, 2.75) is 106 Å². The highest BCUT2D eigenvalue weighted by Gasteiger charge is 2.59. The van der Waals surface area contributed by atoms with Crippen LogP contribution in [0.1, 0.15) is 106 Å². The molecule has 0 aromatic carbocycles. The number of rotatable bonds is 5. The lowest BCUT2D eigenvalue weighted by Crippen LogP contribution is -2.51. The zero-order chi connectivity index (χ0) is 21.0. The molecule has 0 spiro atoms. The number of fused-ring (bicyclic) bond motifs is 5. The van der Waals surface area contributed by atoms with Crippen molar-refractivity contribution in [1.82, 2.24) is 0 Å². The van der Waals surface area contributed by atoms with Gasteiger partial charge in [0.05, 0.1) is 0 Å². The van der Waals surface area contributed by atoms with Gasteiger partial charge in [-0.15, -0.1) is 0 Å². The summed E-state index contributed by atoms with van der Waals surface area (Å²) in [5.74, 6) is 6.57. The molecule has 4 rings (SSSR count). The maximum atomic E-state index is 12.0. The molecule has 0 aromatic heterocycles. The molecule has 0 saturated heterocycles. The summed E-state index contributed by atoms with van der Waals surface area (Å²) in [4.78, 5) is 12.0. The Kier molecular flexibility index (Phi) is 5.84. The zero-order valence-electron chi connectivity index (χ0n) is 20.1. The Morgan fingerprint density at radius 3 is 2.41 bits per heavy atom. The van der Waals surface area contributed by atoms with Crippen LogP contribution < -0.4 is 0 Å². The van der Waals surface area contributed by atoms with Gasteiger partial charge in [-0.05, 0) is 103 Å². The number of hydrogen-bond donors (Lipinski definition) is 0. The van der Waals surface area contributed by atoms with Gasteiger partial charge in [0.25, 0.3) is 0 Å². The Hall–Kier alpha value is -0.590. The number of hydrogen-bond acceptors (Lipinski definition) is 1. The van der Waals surface area contributed by atoms with Crippen LogP contribution >= 0.6 is 0 Å². The lowest BCUT2D eigenvalue weighted by Gasteiger charge is -2.58.